The zero-order chi connectivity index (χ0) is 14.7. The molecule has 2 aliphatic rings. The molecule has 0 radical (unpaired) electrons. The number of amides is 1. The van der Waals surface area contributed by atoms with Crippen molar-refractivity contribution in [1.82, 2.24) is 15.1 Å². The molecule has 6 heteroatoms. The highest BCUT2D eigenvalue weighted by molar-refractivity contribution is 5.93. The maximum absolute atomic E-state index is 12.6. The molecule has 2 atom stereocenters. The predicted molar refractivity (Wildman–Crippen MR) is 75.8 cm³/mol. The highest BCUT2D eigenvalue weighted by atomic mass is 16.5. The van der Waals surface area contributed by atoms with Crippen LogP contribution in [0.2, 0.25) is 0 Å². The maximum atomic E-state index is 12.6. The summed E-state index contributed by atoms with van der Waals surface area (Å²) in [5, 5.41) is 7.50. The van der Waals surface area contributed by atoms with Gasteiger partial charge in [-0.25, -0.2) is 0 Å². The second-order valence-corrected chi connectivity index (χ2v) is 5.82. The fourth-order valence-electron chi connectivity index (χ4n) is 3.53. The van der Waals surface area contributed by atoms with E-state index in [1.54, 1.807) is 19.4 Å². The molecule has 114 valence electrons. The molecule has 3 rings (SSSR count). The molecule has 6 nitrogen and oxygen atoms in total. The van der Waals surface area contributed by atoms with E-state index in [0.29, 0.717) is 37.8 Å². The summed E-state index contributed by atoms with van der Waals surface area (Å²) in [5.74, 6) is 0.379. The largest absolute Gasteiger partial charge is 0.384 e. The number of carbonyl (C=O) groups is 1. The van der Waals surface area contributed by atoms with Gasteiger partial charge >= 0.3 is 0 Å². The fraction of sp³-hybridized carbons (Fsp3) is 0.667. The quantitative estimate of drug-likeness (QED) is 0.835. The van der Waals surface area contributed by atoms with E-state index in [2.05, 4.69) is 10.2 Å². The minimum absolute atomic E-state index is 0.00985. The third kappa shape index (κ3) is 2.78. The average molecular weight is 291 g/mol. The topological polar surface area (TPSA) is 64.5 Å². The van der Waals surface area contributed by atoms with Crippen LogP contribution >= 0.6 is 0 Å². The number of morpholine rings is 1. The van der Waals surface area contributed by atoms with Crippen LogP contribution in [0.5, 0.6) is 0 Å². The van der Waals surface area contributed by atoms with Crippen molar-refractivity contribution in [1.29, 1.82) is 0 Å². The SMILES string of the molecule is COC[C@@H]1CCC[C@@]12CN(C(=O)c1ccnnc1)CCO2. The van der Waals surface area contributed by atoms with Crippen LogP contribution in [-0.2, 0) is 9.47 Å². The van der Waals surface area contributed by atoms with Crippen molar-refractivity contribution < 1.29 is 14.3 Å². The van der Waals surface area contributed by atoms with Gasteiger partial charge in [-0.2, -0.15) is 10.2 Å². The van der Waals surface area contributed by atoms with E-state index in [1.807, 2.05) is 4.90 Å². The highest BCUT2D eigenvalue weighted by Gasteiger charge is 2.47. The molecule has 0 unspecified atom stereocenters. The first-order chi connectivity index (χ1) is 10.2. The first kappa shape index (κ1) is 14.4. The van der Waals surface area contributed by atoms with Crippen molar-refractivity contribution in [3.05, 3.63) is 24.0 Å². The molecule has 1 aliphatic carbocycles. The zero-order valence-electron chi connectivity index (χ0n) is 12.3. The molecular weight excluding hydrogens is 270 g/mol. The van der Waals surface area contributed by atoms with E-state index in [0.717, 1.165) is 19.3 Å². The smallest absolute Gasteiger partial charge is 0.255 e. The van der Waals surface area contributed by atoms with Crippen molar-refractivity contribution in [3.8, 4) is 0 Å². The Labute approximate surface area is 124 Å². The van der Waals surface area contributed by atoms with Crippen LogP contribution < -0.4 is 0 Å². The molecular formula is C15H21N3O3. The van der Waals surface area contributed by atoms with Crippen molar-refractivity contribution in [2.75, 3.05) is 33.4 Å². The van der Waals surface area contributed by atoms with E-state index in [-0.39, 0.29) is 11.5 Å². The molecule has 1 saturated carbocycles. The molecule has 1 aromatic rings. The van der Waals surface area contributed by atoms with Crippen molar-refractivity contribution in [2.24, 2.45) is 5.92 Å². The molecule has 1 aliphatic heterocycles. The number of aromatic nitrogens is 2. The Hall–Kier alpha value is -1.53. The number of ether oxygens (including phenoxy) is 2. The second-order valence-electron chi connectivity index (χ2n) is 5.82. The summed E-state index contributed by atoms with van der Waals surface area (Å²) < 4.78 is 11.4. The standard InChI is InChI=1S/C15H21N3O3/c1-20-10-13-3-2-5-15(13)11-18(7-8-21-15)14(19)12-4-6-16-17-9-12/h4,6,9,13H,2-3,5,7-8,10-11H2,1H3/t13-,15+/m0/s1. The number of methoxy groups -OCH3 is 1. The van der Waals surface area contributed by atoms with Crippen LogP contribution in [0.25, 0.3) is 0 Å². The normalized spacial score (nSPS) is 29.0. The predicted octanol–water partition coefficient (Wildman–Crippen LogP) is 1.13. The van der Waals surface area contributed by atoms with Gasteiger partial charge in [0.1, 0.15) is 0 Å². The summed E-state index contributed by atoms with van der Waals surface area (Å²) in [4.78, 5) is 14.5. The molecule has 2 fully saturated rings. The van der Waals surface area contributed by atoms with Gasteiger partial charge in [0.15, 0.2) is 0 Å². The molecule has 1 saturated heterocycles. The summed E-state index contributed by atoms with van der Waals surface area (Å²) >= 11 is 0. The monoisotopic (exact) mass is 291 g/mol. The molecule has 1 aromatic heterocycles. The van der Waals surface area contributed by atoms with Gasteiger partial charge in [0.05, 0.1) is 43.3 Å². The minimum Gasteiger partial charge on any atom is -0.384 e. The first-order valence-electron chi connectivity index (χ1n) is 7.44. The Kier molecular flexibility index (Phi) is 4.17. The molecule has 1 amide bonds. The molecule has 2 heterocycles. The number of nitrogens with zero attached hydrogens (tertiary/aromatic N) is 3. The van der Waals surface area contributed by atoms with Gasteiger partial charge in [0.25, 0.3) is 5.91 Å². The number of hydrogen-bond acceptors (Lipinski definition) is 5. The van der Waals surface area contributed by atoms with Crippen molar-refractivity contribution in [3.63, 3.8) is 0 Å². The summed E-state index contributed by atoms with van der Waals surface area (Å²) in [6.07, 6.45) is 6.30. The highest BCUT2D eigenvalue weighted by Crippen LogP contribution is 2.41. The third-order valence-corrected chi connectivity index (χ3v) is 4.59. The summed E-state index contributed by atoms with van der Waals surface area (Å²) in [7, 11) is 1.72. The van der Waals surface area contributed by atoms with E-state index in [4.69, 9.17) is 9.47 Å². The van der Waals surface area contributed by atoms with Crippen LogP contribution in [-0.4, -0.2) is 60.0 Å². The van der Waals surface area contributed by atoms with Crippen LogP contribution in [0.4, 0.5) is 0 Å². The van der Waals surface area contributed by atoms with Gasteiger partial charge in [-0.05, 0) is 18.9 Å². The van der Waals surface area contributed by atoms with Gasteiger partial charge in [0.2, 0.25) is 0 Å². The van der Waals surface area contributed by atoms with Gasteiger partial charge in [0, 0.05) is 19.6 Å². The van der Waals surface area contributed by atoms with Crippen LogP contribution in [0, 0.1) is 5.92 Å². The van der Waals surface area contributed by atoms with E-state index >= 15 is 0 Å². The lowest BCUT2D eigenvalue weighted by atomic mass is 9.89. The number of rotatable bonds is 3. The summed E-state index contributed by atoms with van der Waals surface area (Å²) in [6, 6.07) is 1.71. The van der Waals surface area contributed by atoms with Gasteiger partial charge in [-0.1, -0.05) is 6.42 Å². The van der Waals surface area contributed by atoms with Gasteiger partial charge in [-0.15, -0.1) is 0 Å². The van der Waals surface area contributed by atoms with Gasteiger partial charge in [-0.3, -0.25) is 4.79 Å². The van der Waals surface area contributed by atoms with E-state index in [9.17, 15) is 4.79 Å². The number of hydrogen-bond donors (Lipinski definition) is 0. The van der Waals surface area contributed by atoms with Crippen molar-refractivity contribution >= 4 is 5.91 Å². The second kappa shape index (κ2) is 6.07. The molecule has 0 N–H and O–H groups in total. The Morgan fingerprint density at radius 1 is 1.57 bits per heavy atom. The van der Waals surface area contributed by atoms with E-state index in [1.165, 1.54) is 6.20 Å². The summed E-state index contributed by atoms with van der Waals surface area (Å²) in [5.41, 5.74) is 0.355. The fourth-order valence-corrected chi connectivity index (χ4v) is 3.53. The zero-order valence-corrected chi connectivity index (χ0v) is 12.3. The lowest BCUT2D eigenvalue weighted by Crippen LogP contribution is -2.56. The lowest BCUT2D eigenvalue weighted by Gasteiger charge is -2.44. The third-order valence-electron chi connectivity index (χ3n) is 4.59. The van der Waals surface area contributed by atoms with Crippen molar-refractivity contribution in [2.45, 2.75) is 24.9 Å². The lowest BCUT2D eigenvalue weighted by molar-refractivity contribution is -0.130. The minimum atomic E-state index is -0.232. The Morgan fingerprint density at radius 2 is 2.48 bits per heavy atom. The van der Waals surface area contributed by atoms with Gasteiger partial charge < -0.3 is 14.4 Å². The molecule has 0 bridgehead atoms. The average Bonchev–Trinajstić information content (AvgIpc) is 2.90. The Balaban J connectivity index is 1.75. The molecule has 1 spiro atoms. The van der Waals surface area contributed by atoms with Crippen LogP contribution in [0.15, 0.2) is 18.5 Å². The first-order valence-corrected chi connectivity index (χ1v) is 7.44. The molecule has 21 heavy (non-hydrogen) atoms. The number of carbonyl (C=O) groups excluding carboxylic acids is 1. The van der Waals surface area contributed by atoms with E-state index < -0.39 is 0 Å². The summed E-state index contributed by atoms with van der Waals surface area (Å²) in [6.45, 7) is 2.55. The Bertz CT molecular complexity index is 496. The van der Waals surface area contributed by atoms with Crippen LogP contribution in [0.1, 0.15) is 29.6 Å². The van der Waals surface area contributed by atoms with Crippen LogP contribution in [0.3, 0.4) is 0 Å². The molecule has 0 aromatic carbocycles. The maximum Gasteiger partial charge on any atom is 0.255 e. The Morgan fingerprint density at radius 3 is 3.24 bits per heavy atom.